The number of ketones is 1. The van der Waals surface area contributed by atoms with E-state index >= 15 is 0 Å². The van der Waals surface area contributed by atoms with Crippen LogP contribution in [0.1, 0.15) is 67.1 Å². The van der Waals surface area contributed by atoms with Crippen LogP contribution in [0.2, 0.25) is 0 Å². The van der Waals surface area contributed by atoms with Crippen molar-refractivity contribution in [1.82, 2.24) is 15.2 Å². The number of H-pyrrole nitrogens is 1. The van der Waals surface area contributed by atoms with Gasteiger partial charge in [-0.3, -0.25) is 9.89 Å². The summed E-state index contributed by atoms with van der Waals surface area (Å²) >= 11 is 0. The molecular weight excluding hydrogens is 226 g/mol. The van der Waals surface area contributed by atoms with Gasteiger partial charge in [-0.25, -0.2) is 4.98 Å². The lowest BCUT2D eigenvalue weighted by Crippen LogP contribution is -1.98. The Labute approximate surface area is 112 Å². The average Bonchev–Trinajstić information content (AvgIpc) is 2.69. The van der Waals surface area contributed by atoms with Crippen LogP contribution in [0, 0.1) is 11.8 Å². The number of aromatic nitrogens is 3. The maximum absolute atomic E-state index is 10.1. The van der Waals surface area contributed by atoms with E-state index in [1.54, 1.807) is 6.92 Å². The molecule has 0 fully saturated rings. The number of rotatable bonds is 2. The number of hydrogen-bond donors (Lipinski definition) is 1. The van der Waals surface area contributed by atoms with E-state index in [2.05, 4.69) is 49.8 Å². The molecular formula is C14H29N3O. The number of nitrogens with one attached hydrogen (secondary N) is 1. The molecule has 0 aliphatic carbocycles. The molecule has 1 aromatic heterocycles. The normalized spacial score (nSPS) is 9.72. The molecule has 1 N–H and O–H groups in total. The van der Waals surface area contributed by atoms with Crippen molar-refractivity contribution in [2.45, 2.75) is 61.3 Å². The molecule has 0 amide bonds. The van der Waals surface area contributed by atoms with Gasteiger partial charge in [0, 0.05) is 11.8 Å². The first-order chi connectivity index (χ1) is 8.18. The highest BCUT2D eigenvalue weighted by Gasteiger charge is 1.98. The monoisotopic (exact) mass is 255 g/mol. The van der Waals surface area contributed by atoms with Crippen molar-refractivity contribution in [2.75, 3.05) is 0 Å². The van der Waals surface area contributed by atoms with Crippen LogP contribution in [0.15, 0.2) is 6.33 Å². The highest BCUT2D eigenvalue weighted by Crippen LogP contribution is 2.04. The standard InChI is InChI=1S/C5H9N3.C5H10O.C4H10/c1-4(2)5-6-3-7-8-5;1-4(2)5(3)6;1-4(2)3/h3-4H,1-2H3,(H,6,7,8);4H,1-3H3;4H,1-3H3. The lowest BCUT2D eigenvalue weighted by atomic mass is 10.1. The Morgan fingerprint density at radius 2 is 1.50 bits per heavy atom. The third-order valence-corrected chi connectivity index (χ3v) is 1.79. The van der Waals surface area contributed by atoms with Gasteiger partial charge < -0.3 is 0 Å². The van der Waals surface area contributed by atoms with Gasteiger partial charge in [0.2, 0.25) is 0 Å². The van der Waals surface area contributed by atoms with E-state index in [4.69, 9.17) is 0 Å². The maximum Gasteiger partial charge on any atom is 0.137 e. The third-order valence-electron chi connectivity index (χ3n) is 1.79. The zero-order valence-electron chi connectivity index (χ0n) is 13.1. The lowest BCUT2D eigenvalue weighted by Gasteiger charge is -1.93. The summed E-state index contributed by atoms with van der Waals surface area (Å²) in [6.45, 7) is 16.0. The van der Waals surface area contributed by atoms with Crippen molar-refractivity contribution < 1.29 is 4.79 Å². The van der Waals surface area contributed by atoms with Gasteiger partial charge in [0.25, 0.3) is 0 Å². The summed E-state index contributed by atoms with van der Waals surface area (Å²) in [4.78, 5) is 14.1. The SMILES string of the molecule is CC(=O)C(C)C.CC(C)C.CC(C)c1ncn[nH]1. The summed E-state index contributed by atoms with van der Waals surface area (Å²) in [7, 11) is 0. The molecule has 4 nitrogen and oxygen atoms in total. The van der Waals surface area contributed by atoms with Gasteiger partial charge >= 0.3 is 0 Å². The summed E-state index contributed by atoms with van der Waals surface area (Å²) in [5.74, 6) is 2.71. The largest absolute Gasteiger partial charge is 0.300 e. The minimum absolute atomic E-state index is 0.213. The van der Waals surface area contributed by atoms with Crippen LogP contribution in [-0.4, -0.2) is 21.0 Å². The van der Waals surface area contributed by atoms with Crippen molar-refractivity contribution in [1.29, 1.82) is 0 Å². The maximum atomic E-state index is 10.1. The first kappa shape index (κ1) is 19.2. The summed E-state index contributed by atoms with van der Waals surface area (Å²) < 4.78 is 0. The van der Waals surface area contributed by atoms with Crippen LogP contribution in [0.3, 0.4) is 0 Å². The topological polar surface area (TPSA) is 58.6 Å². The number of Topliss-reactive ketones (excluding diaryl/α,β-unsaturated/α-hetero) is 1. The number of nitrogens with zero attached hydrogens (tertiary/aromatic N) is 2. The van der Waals surface area contributed by atoms with Crippen molar-refractivity contribution in [3.63, 3.8) is 0 Å². The summed E-state index contributed by atoms with van der Waals surface area (Å²) in [6, 6.07) is 0. The fraction of sp³-hybridized carbons (Fsp3) is 0.786. The number of carbonyl (C=O) groups is 1. The molecule has 106 valence electrons. The molecule has 0 radical (unpaired) electrons. The molecule has 0 bridgehead atoms. The Bertz CT molecular complexity index is 287. The van der Waals surface area contributed by atoms with E-state index in [1.807, 2.05) is 13.8 Å². The van der Waals surface area contributed by atoms with E-state index in [-0.39, 0.29) is 11.7 Å². The number of hydrogen-bond acceptors (Lipinski definition) is 3. The van der Waals surface area contributed by atoms with Gasteiger partial charge in [-0.1, -0.05) is 48.5 Å². The quantitative estimate of drug-likeness (QED) is 0.874. The Morgan fingerprint density at radius 3 is 1.61 bits per heavy atom. The molecule has 4 heteroatoms. The second kappa shape index (κ2) is 10.9. The van der Waals surface area contributed by atoms with Crippen LogP contribution >= 0.6 is 0 Å². The van der Waals surface area contributed by atoms with Crippen molar-refractivity contribution in [3.05, 3.63) is 12.2 Å². The first-order valence-corrected chi connectivity index (χ1v) is 6.54. The second-order valence-corrected chi connectivity index (χ2v) is 5.52. The zero-order valence-corrected chi connectivity index (χ0v) is 13.1. The molecule has 1 heterocycles. The predicted octanol–water partition coefficient (Wildman–Crippen LogP) is 3.82. The Hall–Kier alpha value is -1.19. The molecule has 0 unspecified atom stereocenters. The molecule has 18 heavy (non-hydrogen) atoms. The first-order valence-electron chi connectivity index (χ1n) is 6.54. The molecule has 0 spiro atoms. The second-order valence-electron chi connectivity index (χ2n) is 5.52. The van der Waals surface area contributed by atoms with Gasteiger partial charge in [0.15, 0.2) is 0 Å². The summed E-state index contributed by atoms with van der Waals surface area (Å²) in [5.41, 5.74) is 0. The predicted molar refractivity (Wildman–Crippen MR) is 76.5 cm³/mol. The fourth-order valence-electron chi connectivity index (χ4n) is 0.493. The Balaban J connectivity index is 0. The van der Waals surface area contributed by atoms with E-state index in [0.717, 1.165) is 11.7 Å². The summed E-state index contributed by atoms with van der Waals surface area (Å²) in [6.07, 6.45) is 1.52. The van der Waals surface area contributed by atoms with Crippen LogP contribution in [0.5, 0.6) is 0 Å². The van der Waals surface area contributed by atoms with Gasteiger partial charge in [-0.2, -0.15) is 5.10 Å². The third kappa shape index (κ3) is 14.8. The fourth-order valence-corrected chi connectivity index (χ4v) is 0.493. The summed E-state index contributed by atoms with van der Waals surface area (Å²) in [5, 5.41) is 6.48. The van der Waals surface area contributed by atoms with Gasteiger partial charge in [-0.15, -0.1) is 0 Å². The highest BCUT2D eigenvalue weighted by atomic mass is 16.1. The van der Waals surface area contributed by atoms with Crippen LogP contribution in [-0.2, 0) is 4.79 Å². The Morgan fingerprint density at radius 1 is 1.11 bits per heavy atom. The van der Waals surface area contributed by atoms with E-state index in [0.29, 0.717) is 5.92 Å². The van der Waals surface area contributed by atoms with Crippen molar-refractivity contribution in [3.8, 4) is 0 Å². The van der Waals surface area contributed by atoms with Crippen LogP contribution in [0.25, 0.3) is 0 Å². The smallest absolute Gasteiger partial charge is 0.137 e. The molecule has 1 aromatic rings. The minimum atomic E-state index is 0.213. The molecule has 0 atom stereocenters. The van der Waals surface area contributed by atoms with Crippen LogP contribution < -0.4 is 0 Å². The van der Waals surface area contributed by atoms with Gasteiger partial charge in [-0.05, 0) is 12.8 Å². The van der Waals surface area contributed by atoms with Gasteiger partial charge in [0.1, 0.15) is 17.9 Å². The minimum Gasteiger partial charge on any atom is -0.300 e. The molecule has 0 aliphatic heterocycles. The zero-order chi connectivity index (χ0) is 14.7. The number of carbonyl (C=O) groups excluding carboxylic acids is 1. The van der Waals surface area contributed by atoms with Crippen molar-refractivity contribution in [2.24, 2.45) is 11.8 Å². The molecule has 0 saturated carbocycles. The van der Waals surface area contributed by atoms with Crippen molar-refractivity contribution >= 4 is 5.78 Å². The van der Waals surface area contributed by atoms with E-state index < -0.39 is 0 Å². The van der Waals surface area contributed by atoms with Gasteiger partial charge in [0.05, 0.1) is 0 Å². The lowest BCUT2D eigenvalue weighted by molar-refractivity contribution is -0.119. The number of aromatic amines is 1. The molecule has 0 saturated heterocycles. The molecule has 1 rings (SSSR count). The highest BCUT2D eigenvalue weighted by molar-refractivity contribution is 5.77. The van der Waals surface area contributed by atoms with E-state index in [1.165, 1.54) is 6.33 Å². The Kier molecular flexibility index (Phi) is 11.6. The molecule has 0 aliphatic rings. The average molecular weight is 255 g/mol. The van der Waals surface area contributed by atoms with Crippen LogP contribution in [0.4, 0.5) is 0 Å². The van der Waals surface area contributed by atoms with E-state index in [9.17, 15) is 4.79 Å². The molecule has 0 aromatic carbocycles.